The Morgan fingerprint density at radius 1 is 1.33 bits per heavy atom. The van der Waals surface area contributed by atoms with Gasteiger partial charge in [-0.25, -0.2) is 9.36 Å². The van der Waals surface area contributed by atoms with Crippen molar-refractivity contribution < 1.29 is 37.7 Å². The Bertz CT molecular complexity index is 1230. The molecule has 1 aromatic heterocycles. The molecule has 196 valence electrons. The Morgan fingerprint density at radius 2 is 2.08 bits per heavy atom. The molecule has 0 saturated carbocycles. The first-order valence-corrected chi connectivity index (χ1v) is 12.9. The van der Waals surface area contributed by atoms with E-state index in [1.807, 2.05) is 0 Å². The molecule has 2 aliphatic heterocycles. The lowest BCUT2D eigenvalue weighted by molar-refractivity contribution is -0.142. The van der Waals surface area contributed by atoms with Crippen LogP contribution < -0.4 is 20.9 Å². The number of carbonyl (C=O) groups excluding carboxylic acids is 1. The van der Waals surface area contributed by atoms with Gasteiger partial charge < -0.3 is 23.8 Å². The molecule has 0 amide bonds. The molecule has 0 radical (unpaired) electrons. The van der Waals surface area contributed by atoms with Crippen LogP contribution in [0.1, 0.15) is 26.0 Å². The van der Waals surface area contributed by atoms with Gasteiger partial charge in [0, 0.05) is 18.9 Å². The number of hydrogen-bond donors (Lipinski definition) is 3. The Kier molecular flexibility index (Phi) is 7.79. The largest absolute Gasteiger partial charge is 0.468 e. The molecule has 1 aromatic carbocycles. The fraction of sp³-hybridized carbons (Fsp3) is 0.500. The van der Waals surface area contributed by atoms with Gasteiger partial charge >= 0.3 is 19.4 Å². The molecular formula is C22H28N3O10P. The molecule has 6 atom stereocenters. The highest BCUT2D eigenvalue weighted by molar-refractivity contribution is 7.52. The van der Waals surface area contributed by atoms with Crippen molar-refractivity contribution in [3.05, 3.63) is 63.4 Å². The van der Waals surface area contributed by atoms with Crippen LogP contribution in [0.3, 0.4) is 0 Å². The van der Waals surface area contributed by atoms with E-state index in [2.05, 4.69) is 14.8 Å². The van der Waals surface area contributed by atoms with E-state index in [4.69, 9.17) is 18.5 Å². The molecule has 2 fully saturated rings. The summed E-state index contributed by atoms with van der Waals surface area (Å²) in [5, 5.41) is 13.7. The maximum Gasteiger partial charge on any atom is 0.459 e. The van der Waals surface area contributed by atoms with Crippen LogP contribution in [0.25, 0.3) is 0 Å². The van der Waals surface area contributed by atoms with Gasteiger partial charge in [0.25, 0.3) is 5.56 Å². The molecule has 2 aromatic rings. The summed E-state index contributed by atoms with van der Waals surface area (Å²) in [5.74, 6) is -0.477. The van der Waals surface area contributed by atoms with E-state index < -0.39 is 61.7 Å². The minimum atomic E-state index is -4.19. The highest BCUT2D eigenvalue weighted by Gasteiger charge is 2.60. The zero-order valence-corrected chi connectivity index (χ0v) is 20.6. The number of H-pyrrole nitrogens is 1. The molecule has 3 N–H and O–H groups in total. The number of aliphatic hydroxyl groups is 1. The van der Waals surface area contributed by atoms with Gasteiger partial charge in [0.15, 0.2) is 6.23 Å². The van der Waals surface area contributed by atoms with Gasteiger partial charge in [-0.1, -0.05) is 18.2 Å². The van der Waals surface area contributed by atoms with Crippen molar-refractivity contribution in [2.24, 2.45) is 0 Å². The second-order valence-corrected chi connectivity index (χ2v) is 10.2. The van der Waals surface area contributed by atoms with Crippen LogP contribution in [0, 0.1) is 0 Å². The number of nitrogens with zero attached hydrogens (tertiary/aromatic N) is 1. The monoisotopic (exact) mass is 525 g/mol. The average molecular weight is 525 g/mol. The topological polar surface area (TPSA) is 167 Å². The molecule has 13 nitrogen and oxygen atoms in total. The van der Waals surface area contributed by atoms with Crippen molar-refractivity contribution in [2.75, 3.05) is 20.3 Å². The van der Waals surface area contributed by atoms with Gasteiger partial charge in [-0.2, -0.15) is 5.09 Å². The molecule has 3 heterocycles. The fourth-order valence-electron chi connectivity index (χ4n) is 4.32. The lowest BCUT2D eigenvalue weighted by atomic mass is 9.91. The summed E-state index contributed by atoms with van der Waals surface area (Å²) in [5.41, 5.74) is -2.60. The molecule has 2 unspecified atom stereocenters. The summed E-state index contributed by atoms with van der Waals surface area (Å²) in [6.07, 6.45) is -1.20. The number of nitrogens with one attached hydrogen (secondary N) is 2. The summed E-state index contributed by atoms with van der Waals surface area (Å²) in [6, 6.07) is 8.30. The van der Waals surface area contributed by atoms with E-state index in [1.165, 1.54) is 20.2 Å². The fourth-order valence-corrected chi connectivity index (χ4v) is 5.82. The van der Waals surface area contributed by atoms with Gasteiger partial charge in [-0.3, -0.25) is 23.7 Å². The number of para-hydroxylation sites is 1. The number of aromatic amines is 1. The highest BCUT2D eigenvalue weighted by atomic mass is 31.2. The summed E-state index contributed by atoms with van der Waals surface area (Å²) in [4.78, 5) is 38.1. The molecule has 1 spiro atoms. The zero-order valence-electron chi connectivity index (χ0n) is 19.7. The summed E-state index contributed by atoms with van der Waals surface area (Å²) in [6.45, 7) is 1.32. The Balaban J connectivity index is 1.57. The predicted octanol–water partition coefficient (Wildman–Crippen LogP) is 0.699. The van der Waals surface area contributed by atoms with Crippen LogP contribution in [0.15, 0.2) is 52.2 Å². The maximum absolute atomic E-state index is 13.6. The number of aromatic nitrogens is 2. The zero-order chi connectivity index (χ0) is 25.9. The minimum absolute atomic E-state index is 0.214. The number of carbonyl (C=O) groups is 1. The number of methoxy groups -OCH3 is 1. The third-order valence-corrected chi connectivity index (χ3v) is 7.69. The maximum atomic E-state index is 13.6. The first-order chi connectivity index (χ1) is 17.2. The third kappa shape index (κ3) is 5.31. The molecule has 2 aliphatic rings. The number of benzene rings is 1. The number of rotatable bonds is 9. The van der Waals surface area contributed by atoms with E-state index in [0.717, 1.165) is 10.6 Å². The van der Waals surface area contributed by atoms with Gasteiger partial charge in [0.1, 0.15) is 29.6 Å². The van der Waals surface area contributed by atoms with Crippen LogP contribution in [0.5, 0.6) is 5.75 Å². The first kappa shape index (κ1) is 26.3. The molecular weight excluding hydrogens is 497 g/mol. The van der Waals surface area contributed by atoms with E-state index >= 15 is 0 Å². The van der Waals surface area contributed by atoms with E-state index in [1.54, 1.807) is 30.3 Å². The summed E-state index contributed by atoms with van der Waals surface area (Å²) in [7, 11) is -3.01. The van der Waals surface area contributed by atoms with E-state index in [-0.39, 0.29) is 5.75 Å². The van der Waals surface area contributed by atoms with E-state index in [9.17, 15) is 24.1 Å². The Labute approximate surface area is 205 Å². The SMILES string of the molecule is COC(=O)C(C)NP(=O)(OC[C@H]1O[C@@H](n2ccc(=O)[nH]c2=O)[C@]2(CCCO2)[C@@H]1O)Oc1ccccc1. The van der Waals surface area contributed by atoms with Gasteiger partial charge in [-0.15, -0.1) is 0 Å². The first-order valence-electron chi connectivity index (χ1n) is 11.3. The number of hydrogen-bond acceptors (Lipinski definition) is 10. The molecule has 0 aliphatic carbocycles. The van der Waals surface area contributed by atoms with Crippen molar-refractivity contribution in [3.63, 3.8) is 0 Å². The molecule has 14 heteroatoms. The standard InChI is InChI=1S/C22H28N3O10P/c1-14(19(28)31-2)24-36(30,35-15-7-4-3-5-8-15)33-13-16-18(27)22(10-6-12-32-22)20(34-16)25-11-9-17(26)23-21(25)29/h3-5,7-9,11,14,16,18,20,27H,6,10,12-13H2,1-2H3,(H,24,30)(H,23,26,29)/t14?,16-,18-,20-,22+,36?/m1/s1. The Morgan fingerprint density at radius 3 is 2.72 bits per heavy atom. The quantitative estimate of drug-likeness (QED) is 0.311. The van der Waals surface area contributed by atoms with Crippen LogP contribution in [-0.2, 0) is 28.1 Å². The minimum Gasteiger partial charge on any atom is -0.468 e. The molecule has 2 saturated heterocycles. The van der Waals surface area contributed by atoms with Crippen LogP contribution in [0.2, 0.25) is 0 Å². The van der Waals surface area contributed by atoms with Crippen molar-refractivity contribution in [1.29, 1.82) is 0 Å². The van der Waals surface area contributed by atoms with Gasteiger partial charge in [-0.05, 0) is 31.9 Å². The number of aliphatic hydroxyl groups excluding tert-OH is 1. The van der Waals surface area contributed by atoms with Gasteiger partial charge in [0.05, 0.1) is 13.7 Å². The van der Waals surface area contributed by atoms with Crippen molar-refractivity contribution in [2.45, 2.75) is 49.8 Å². The van der Waals surface area contributed by atoms with E-state index in [0.29, 0.717) is 19.4 Å². The van der Waals surface area contributed by atoms with Crippen molar-refractivity contribution in [3.8, 4) is 5.75 Å². The molecule has 4 rings (SSSR count). The second-order valence-electron chi connectivity index (χ2n) is 8.47. The lowest BCUT2D eigenvalue weighted by Crippen LogP contribution is -2.48. The number of esters is 1. The smallest absolute Gasteiger partial charge is 0.459 e. The lowest BCUT2D eigenvalue weighted by Gasteiger charge is -2.32. The predicted molar refractivity (Wildman–Crippen MR) is 124 cm³/mol. The highest BCUT2D eigenvalue weighted by Crippen LogP contribution is 2.49. The van der Waals surface area contributed by atoms with Crippen molar-refractivity contribution >= 4 is 13.7 Å². The van der Waals surface area contributed by atoms with Crippen LogP contribution >= 0.6 is 7.75 Å². The van der Waals surface area contributed by atoms with Crippen LogP contribution in [0.4, 0.5) is 0 Å². The Hall–Kier alpha value is -2.80. The molecule has 0 bridgehead atoms. The summed E-state index contributed by atoms with van der Waals surface area (Å²) >= 11 is 0. The average Bonchev–Trinajstić information content (AvgIpc) is 3.44. The second kappa shape index (κ2) is 10.7. The molecule has 36 heavy (non-hydrogen) atoms. The third-order valence-electron chi connectivity index (χ3n) is 6.05. The van der Waals surface area contributed by atoms with Crippen LogP contribution in [-0.4, -0.2) is 64.8 Å². The number of ether oxygens (including phenoxy) is 3. The normalized spacial score (nSPS) is 28.0. The van der Waals surface area contributed by atoms with Gasteiger partial charge in [0.2, 0.25) is 0 Å². The van der Waals surface area contributed by atoms with Crippen molar-refractivity contribution in [1.82, 2.24) is 14.6 Å². The summed E-state index contributed by atoms with van der Waals surface area (Å²) < 4.78 is 42.5.